The van der Waals surface area contributed by atoms with Gasteiger partial charge in [-0.15, -0.1) is 0 Å². The van der Waals surface area contributed by atoms with Crippen molar-refractivity contribution in [3.8, 4) is 5.75 Å². The molecule has 136 valence electrons. The normalized spacial score (nSPS) is 17.0. The van der Waals surface area contributed by atoms with Gasteiger partial charge >= 0.3 is 5.97 Å². The van der Waals surface area contributed by atoms with Crippen LogP contribution in [0.4, 0.5) is 4.39 Å². The maximum Gasteiger partial charge on any atom is 0.310 e. The van der Waals surface area contributed by atoms with Gasteiger partial charge in [-0.2, -0.15) is 0 Å². The summed E-state index contributed by atoms with van der Waals surface area (Å²) in [4.78, 5) is 36.6. The lowest BCUT2D eigenvalue weighted by molar-refractivity contribution is -0.152. The number of benzene rings is 1. The Morgan fingerprint density at radius 2 is 2.12 bits per heavy atom. The number of primary amides is 1. The molecule has 1 aliphatic rings. The molecule has 7 nitrogen and oxygen atoms in total. The first kappa shape index (κ1) is 18.7. The molecule has 1 aliphatic heterocycles. The highest BCUT2D eigenvalue weighted by atomic mass is 19.1. The second-order valence-corrected chi connectivity index (χ2v) is 5.89. The van der Waals surface area contributed by atoms with E-state index in [0.717, 1.165) is 0 Å². The first-order chi connectivity index (χ1) is 11.9. The Hall–Kier alpha value is -2.64. The van der Waals surface area contributed by atoms with Crippen LogP contribution in [0.5, 0.6) is 5.75 Å². The first-order valence-corrected chi connectivity index (χ1v) is 7.96. The van der Waals surface area contributed by atoms with Crippen molar-refractivity contribution in [3.05, 3.63) is 29.6 Å². The minimum absolute atomic E-state index is 0.0846. The van der Waals surface area contributed by atoms with Crippen LogP contribution in [0.25, 0.3) is 0 Å². The zero-order chi connectivity index (χ0) is 18.4. The summed E-state index contributed by atoms with van der Waals surface area (Å²) in [6.45, 7) is 0.336. The summed E-state index contributed by atoms with van der Waals surface area (Å²) in [5.41, 5.74) is 5.69. The number of piperidine rings is 1. The van der Waals surface area contributed by atoms with E-state index in [4.69, 9.17) is 15.2 Å². The Balaban J connectivity index is 1.82. The summed E-state index contributed by atoms with van der Waals surface area (Å²) in [6, 6.07) is 4.15. The number of ether oxygens (including phenoxy) is 2. The average Bonchev–Trinajstić information content (AvgIpc) is 2.60. The molecule has 25 heavy (non-hydrogen) atoms. The highest BCUT2D eigenvalue weighted by Crippen LogP contribution is 2.18. The van der Waals surface area contributed by atoms with Crippen LogP contribution in [0, 0.1) is 11.7 Å². The molecule has 1 fully saturated rings. The molecule has 1 atom stereocenters. The third-order valence-corrected chi connectivity index (χ3v) is 4.10. The van der Waals surface area contributed by atoms with Crippen LogP contribution in [0.3, 0.4) is 0 Å². The molecule has 8 heteroatoms. The summed E-state index contributed by atoms with van der Waals surface area (Å²) in [5.74, 6) is -2.30. The van der Waals surface area contributed by atoms with Crippen LogP contribution < -0.4 is 10.5 Å². The Labute approximate surface area is 144 Å². The van der Waals surface area contributed by atoms with Crippen molar-refractivity contribution in [3.63, 3.8) is 0 Å². The van der Waals surface area contributed by atoms with Gasteiger partial charge in [0, 0.05) is 13.1 Å². The predicted molar refractivity (Wildman–Crippen MR) is 86.1 cm³/mol. The summed E-state index contributed by atoms with van der Waals surface area (Å²) >= 11 is 0. The smallest absolute Gasteiger partial charge is 0.310 e. The molecule has 0 radical (unpaired) electrons. The number of hydrogen-bond donors (Lipinski definition) is 1. The molecule has 2 amide bonds. The number of hydrogen-bond acceptors (Lipinski definition) is 5. The van der Waals surface area contributed by atoms with E-state index in [0.29, 0.717) is 24.9 Å². The number of amides is 2. The van der Waals surface area contributed by atoms with Crippen LogP contribution in [0.2, 0.25) is 0 Å². The Bertz CT molecular complexity index is 664. The van der Waals surface area contributed by atoms with Crippen LogP contribution in [0.15, 0.2) is 18.2 Å². The topological polar surface area (TPSA) is 98.9 Å². The molecule has 1 heterocycles. The van der Waals surface area contributed by atoms with Gasteiger partial charge in [0.2, 0.25) is 5.91 Å². The number of methoxy groups -OCH3 is 1. The van der Waals surface area contributed by atoms with Crippen LogP contribution in [-0.4, -0.2) is 49.5 Å². The number of nitrogens with zero attached hydrogens (tertiary/aromatic N) is 1. The number of esters is 1. The van der Waals surface area contributed by atoms with Crippen molar-refractivity contribution >= 4 is 17.8 Å². The van der Waals surface area contributed by atoms with Gasteiger partial charge in [-0.3, -0.25) is 14.4 Å². The predicted octanol–water partition coefficient (Wildman–Crippen LogP) is 0.644. The van der Waals surface area contributed by atoms with Gasteiger partial charge in [0.05, 0.1) is 19.4 Å². The van der Waals surface area contributed by atoms with E-state index in [2.05, 4.69) is 0 Å². The number of rotatable bonds is 6. The van der Waals surface area contributed by atoms with Crippen molar-refractivity contribution in [2.24, 2.45) is 11.7 Å². The van der Waals surface area contributed by atoms with Gasteiger partial charge in [0.1, 0.15) is 0 Å². The maximum atomic E-state index is 13.6. The van der Waals surface area contributed by atoms with E-state index in [1.165, 1.54) is 24.1 Å². The van der Waals surface area contributed by atoms with Gasteiger partial charge in [0.15, 0.2) is 18.2 Å². The van der Waals surface area contributed by atoms with Crippen molar-refractivity contribution in [1.82, 2.24) is 4.90 Å². The van der Waals surface area contributed by atoms with Gasteiger partial charge in [-0.25, -0.2) is 4.39 Å². The zero-order valence-electron chi connectivity index (χ0n) is 14.0. The van der Waals surface area contributed by atoms with E-state index in [-0.39, 0.29) is 30.5 Å². The molecule has 0 spiro atoms. The van der Waals surface area contributed by atoms with Crippen molar-refractivity contribution < 1.29 is 28.2 Å². The molecule has 0 aliphatic carbocycles. The first-order valence-electron chi connectivity index (χ1n) is 7.96. The van der Waals surface area contributed by atoms with Gasteiger partial charge in [-0.05, 0) is 30.5 Å². The lowest BCUT2D eigenvalue weighted by atomic mass is 9.97. The Morgan fingerprint density at radius 1 is 1.36 bits per heavy atom. The molecule has 0 bridgehead atoms. The number of nitrogens with two attached hydrogens (primary N) is 1. The van der Waals surface area contributed by atoms with Crippen molar-refractivity contribution in [1.29, 1.82) is 0 Å². The lowest BCUT2D eigenvalue weighted by Crippen LogP contribution is -2.45. The van der Waals surface area contributed by atoms with Gasteiger partial charge in [-0.1, -0.05) is 6.07 Å². The van der Waals surface area contributed by atoms with Crippen LogP contribution >= 0.6 is 0 Å². The van der Waals surface area contributed by atoms with E-state index in [1.54, 1.807) is 6.07 Å². The Kier molecular flexibility index (Phi) is 6.32. The summed E-state index contributed by atoms with van der Waals surface area (Å²) in [6.07, 6.45) is 1.18. The lowest BCUT2D eigenvalue weighted by Gasteiger charge is -2.31. The molecule has 2 rings (SSSR count). The fraction of sp³-hybridized carbons (Fsp3) is 0.471. The third-order valence-electron chi connectivity index (χ3n) is 4.10. The summed E-state index contributed by atoms with van der Waals surface area (Å²) < 4.78 is 23.3. The number of halogens is 1. The molecule has 1 saturated heterocycles. The van der Waals surface area contributed by atoms with Gasteiger partial charge < -0.3 is 20.1 Å². The SMILES string of the molecule is COc1ccc(CC(=O)OCC(=O)N2CCC[C@H](C(N)=O)C2)cc1F. The third kappa shape index (κ3) is 5.17. The number of carbonyl (C=O) groups excluding carboxylic acids is 3. The highest BCUT2D eigenvalue weighted by molar-refractivity contribution is 5.83. The minimum Gasteiger partial charge on any atom is -0.494 e. The van der Waals surface area contributed by atoms with E-state index in [1.807, 2.05) is 0 Å². The molecule has 0 aromatic heterocycles. The molecule has 0 saturated carbocycles. The largest absolute Gasteiger partial charge is 0.494 e. The summed E-state index contributed by atoms with van der Waals surface area (Å²) in [7, 11) is 1.35. The second-order valence-electron chi connectivity index (χ2n) is 5.89. The number of carbonyl (C=O) groups is 3. The van der Waals surface area contributed by atoms with Crippen molar-refractivity contribution in [2.45, 2.75) is 19.3 Å². The monoisotopic (exact) mass is 352 g/mol. The average molecular weight is 352 g/mol. The van der Waals surface area contributed by atoms with Gasteiger partial charge in [0.25, 0.3) is 5.91 Å². The van der Waals surface area contributed by atoms with E-state index in [9.17, 15) is 18.8 Å². The maximum absolute atomic E-state index is 13.6. The molecule has 1 aromatic carbocycles. The molecule has 2 N–H and O–H groups in total. The minimum atomic E-state index is -0.638. The Morgan fingerprint density at radius 3 is 2.76 bits per heavy atom. The van der Waals surface area contributed by atoms with Crippen molar-refractivity contribution in [2.75, 3.05) is 26.8 Å². The van der Waals surface area contributed by atoms with E-state index >= 15 is 0 Å². The fourth-order valence-electron chi connectivity index (χ4n) is 2.71. The summed E-state index contributed by atoms with van der Waals surface area (Å²) in [5, 5.41) is 0. The fourth-order valence-corrected chi connectivity index (χ4v) is 2.71. The second kappa shape index (κ2) is 8.46. The van der Waals surface area contributed by atoms with Crippen LogP contribution in [0.1, 0.15) is 18.4 Å². The van der Waals surface area contributed by atoms with Crippen LogP contribution in [-0.2, 0) is 25.5 Å². The molecular weight excluding hydrogens is 331 g/mol. The zero-order valence-corrected chi connectivity index (χ0v) is 14.0. The molecule has 0 unspecified atom stereocenters. The quantitative estimate of drug-likeness (QED) is 0.758. The molecule has 1 aromatic rings. The number of likely N-dealkylation sites (tertiary alicyclic amines) is 1. The molecular formula is C17H21FN2O5. The van der Waals surface area contributed by atoms with E-state index < -0.39 is 24.3 Å². The standard InChI is InChI=1S/C17H21FN2O5/c1-24-14-5-4-11(7-13(14)18)8-16(22)25-10-15(21)20-6-2-3-12(9-20)17(19)23/h4-5,7,12H,2-3,6,8-10H2,1H3,(H2,19,23)/t12-/m0/s1. The highest BCUT2D eigenvalue weighted by Gasteiger charge is 2.27.